The van der Waals surface area contributed by atoms with Gasteiger partial charge in [0.05, 0.1) is 11.5 Å². The van der Waals surface area contributed by atoms with Crippen molar-refractivity contribution in [1.82, 2.24) is 19.2 Å². The van der Waals surface area contributed by atoms with Gasteiger partial charge in [0.25, 0.3) is 0 Å². The number of aromatic nitrogens is 3. The van der Waals surface area contributed by atoms with Crippen molar-refractivity contribution in [3.63, 3.8) is 0 Å². The average Bonchev–Trinajstić information content (AvgIpc) is 2.95. The molecule has 0 spiro atoms. The fourth-order valence-corrected chi connectivity index (χ4v) is 6.96. The van der Waals surface area contributed by atoms with Crippen molar-refractivity contribution in [2.24, 2.45) is 30.2 Å². The first-order valence-electron chi connectivity index (χ1n) is 10.7. The van der Waals surface area contributed by atoms with E-state index in [1.54, 1.807) is 0 Å². The zero-order valence-electron chi connectivity index (χ0n) is 16.6. The van der Waals surface area contributed by atoms with Crippen LogP contribution < -0.4 is 5.69 Å². The predicted molar refractivity (Wildman–Crippen MR) is 97.9 cm³/mol. The maximum absolute atomic E-state index is 13.4. The molecule has 4 saturated carbocycles. The predicted octanol–water partition coefficient (Wildman–Crippen LogP) is 2.98. The summed E-state index contributed by atoms with van der Waals surface area (Å²) in [4.78, 5) is 27.6. The molecule has 4 aliphatic carbocycles. The number of hydrogen-bond donors (Lipinski definition) is 0. The molecule has 1 aromatic heterocycles. The van der Waals surface area contributed by atoms with E-state index in [9.17, 15) is 22.8 Å². The number of likely N-dealkylation sites (tertiary alicyclic amines) is 1. The molecule has 5 aliphatic rings. The minimum absolute atomic E-state index is 0.202. The average molecular weight is 412 g/mol. The number of nitrogens with zero attached hydrogens (tertiary/aromatic N) is 4. The maximum Gasteiger partial charge on any atom is 0.451 e. The van der Waals surface area contributed by atoms with Crippen LogP contribution >= 0.6 is 0 Å². The molecule has 0 aromatic carbocycles. The quantitative estimate of drug-likeness (QED) is 0.750. The normalized spacial score (nSPS) is 34.8. The van der Waals surface area contributed by atoms with Gasteiger partial charge in [0.2, 0.25) is 11.7 Å². The first-order valence-corrected chi connectivity index (χ1v) is 10.7. The van der Waals surface area contributed by atoms with Gasteiger partial charge < -0.3 is 4.90 Å². The van der Waals surface area contributed by atoms with Crippen LogP contribution in [0.1, 0.15) is 63.2 Å². The summed E-state index contributed by atoms with van der Waals surface area (Å²) < 4.78 is 40.7. The highest BCUT2D eigenvalue weighted by Crippen LogP contribution is 2.60. The Morgan fingerprint density at radius 2 is 1.55 bits per heavy atom. The van der Waals surface area contributed by atoms with E-state index in [1.165, 1.54) is 19.3 Å². The molecular weight excluding hydrogens is 385 g/mol. The largest absolute Gasteiger partial charge is 0.451 e. The lowest BCUT2D eigenvalue weighted by Gasteiger charge is -2.57. The molecule has 1 amide bonds. The van der Waals surface area contributed by atoms with Crippen molar-refractivity contribution in [1.29, 1.82) is 0 Å². The standard InChI is InChI=1S/C20H27F3N4O2/c1-25-16(20(21,22)23)24-27(18(25)29)15-2-4-26(5-3-15)17(28)19-9-12-6-13(10-19)8-14(7-12)11-19/h12-15H,2-11H2,1H3. The monoisotopic (exact) mass is 412 g/mol. The Kier molecular flexibility index (Phi) is 4.20. The Morgan fingerprint density at radius 1 is 1.03 bits per heavy atom. The molecule has 9 heteroatoms. The molecule has 1 aliphatic heterocycles. The van der Waals surface area contributed by atoms with Crippen LogP contribution in [0, 0.1) is 23.2 Å². The van der Waals surface area contributed by atoms with E-state index in [-0.39, 0.29) is 11.3 Å². The van der Waals surface area contributed by atoms with Crippen molar-refractivity contribution < 1.29 is 18.0 Å². The number of carbonyl (C=O) groups is 1. The van der Waals surface area contributed by atoms with Crippen LogP contribution in [0.5, 0.6) is 0 Å². The third kappa shape index (κ3) is 3.03. The summed E-state index contributed by atoms with van der Waals surface area (Å²) in [5.41, 5.74) is -0.949. The number of hydrogen-bond acceptors (Lipinski definition) is 3. The summed E-state index contributed by atoms with van der Waals surface area (Å²) in [7, 11) is 1.10. The van der Waals surface area contributed by atoms with Gasteiger partial charge >= 0.3 is 11.9 Å². The highest BCUT2D eigenvalue weighted by atomic mass is 19.4. The van der Waals surface area contributed by atoms with Crippen LogP contribution in [0.2, 0.25) is 0 Å². The van der Waals surface area contributed by atoms with Crippen LogP contribution in [0.3, 0.4) is 0 Å². The van der Waals surface area contributed by atoms with Gasteiger partial charge in [-0.3, -0.25) is 9.36 Å². The first kappa shape index (κ1) is 19.2. The number of halogens is 3. The molecule has 0 atom stereocenters. The van der Waals surface area contributed by atoms with E-state index >= 15 is 0 Å². The van der Waals surface area contributed by atoms with Crippen molar-refractivity contribution in [2.45, 2.75) is 63.6 Å². The first-order chi connectivity index (χ1) is 13.7. The second kappa shape index (κ2) is 6.35. The van der Waals surface area contributed by atoms with Crippen LogP contribution in [0.25, 0.3) is 0 Å². The Morgan fingerprint density at radius 3 is 2.00 bits per heavy atom. The minimum atomic E-state index is -4.66. The molecule has 5 fully saturated rings. The second-order valence-electron chi connectivity index (χ2n) is 9.83. The number of carbonyl (C=O) groups excluding carboxylic acids is 1. The highest BCUT2D eigenvalue weighted by molar-refractivity contribution is 5.83. The Balaban J connectivity index is 1.29. The van der Waals surface area contributed by atoms with E-state index in [1.807, 2.05) is 4.90 Å². The van der Waals surface area contributed by atoms with Crippen LogP contribution in [-0.4, -0.2) is 38.2 Å². The van der Waals surface area contributed by atoms with Gasteiger partial charge in [-0.05, 0) is 69.1 Å². The smallest absolute Gasteiger partial charge is 0.342 e. The molecule has 6 rings (SSSR count). The summed E-state index contributed by atoms with van der Waals surface area (Å²) in [6.45, 7) is 0.964. The van der Waals surface area contributed by atoms with Crippen molar-refractivity contribution in [3.8, 4) is 0 Å². The number of piperidine rings is 1. The van der Waals surface area contributed by atoms with Gasteiger partial charge in [-0.25, -0.2) is 9.48 Å². The Labute approximate surface area is 167 Å². The van der Waals surface area contributed by atoms with Crippen LogP contribution in [0.4, 0.5) is 13.2 Å². The van der Waals surface area contributed by atoms with E-state index < -0.39 is 23.7 Å². The van der Waals surface area contributed by atoms with Crippen molar-refractivity contribution >= 4 is 5.91 Å². The van der Waals surface area contributed by atoms with Crippen molar-refractivity contribution in [2.75, 3.05) is 13.1 Å². The Hall–Kier alpha value is -1.80. The molecule has 0 N–H and O–H groups in total. The van der Waals surface area contributed by atoms with Gasteiger partial charge in [0, 0.05) is 20.1 Å². The van der Waals surface area contributed by atoms with E-state index in [4.69, 9.17) is 0 Å². The zero-order valence-corrected chi connectivity index (χ0v) is 16.6. The number of rotatable bonds is 2. The molecule has 29 heavy (non-hydrogen) atoms. The lowest BCUT2D eigenvalue weighted by molar-refractivity contribution is -0.159. The third-order valence-corrected chi connectivity index (χ3v) is 7.85. The van der Waals surface area contributed by atoms with Crippen molar-refractivity contribution in [3.05, 3.63) is 16.3 Å². The van der Waals surface area contributed by atoms with Crippen LogP contribution in [0.15, 0.2) is 4.79 Å². The Bertz CT molecular complexity index is 844. The number of amides is 1. The second-order valence-corrected chi connectivity index (χ2v) is 9.83. The highest BCUT2D eigenvalue weighted by Gasteiger charge is 2.55. The van der Waals surface area contributed by atoms with Gasteiger partial charge in [-0.2, -0.15) is 13.2 Å². The molecule has 1 aromatic rings. The SMILES string of the molecule is Cn1c(C(F)(F)F)nn(C2CCN(C(=O)C34CC5CC(CC(C5)C3)C4)CC2)c1=O. The summed E-state index contributed by atoms with van der Waals surface area (Å²) in [5, 5.41) is 3.57. The molecule has 6 nitrogen and oxygen atoms in total. The summed E-state index contributed by atoms with van der Waals surface area (Å²) in [6.07, 6.45) is 3.12. The van der Waals surface area contributed by atoms with Gasteiger partial charge in [-0.1, -0.05) is 0 Å². The summed E-state index contributed by atoms with van der Waals surface area (Å²) >= 11 is 0. The van der Waals surface area contributed by atoms with E-state index in [2.05, 4.69) is 5.10 Å². The molecule has 2 heterocycles. The maximum atomic E-state index is 13.4. The lowest BCUT2D eigenvalue weighted by atomic mass is 9.49. The third-order valence-electron chi connectivity index (χ3n) is 7.85. The fraction of sp³-hybridized carbons (Fsp3) is 0.850. The zero-order chi connectivity index (χ0) is 20.6. The van der Waals surface area contributed by atoms with E-state index in [0.717, 1.165) is 31.0 Å². The summed E-state index contributed by atoms with van der Waals surface area (Å²) in [6, 6.07) is -0.398. The minimum Gasteiger partial charge on any atom is -0.342 e. The van der Waals surface area contributed by atoms with Gasteiger partial charge in [0.1, 0.15) is 0 Å². The lowest BCUT2D eigenvalue weighted by Crippen LogP contribution is -2.55. The summed E-state index contributed by atoms with van der Waals surface area (Å²) in [5.74, 6) is 1.15. The van der Waals surface area contributed by atoms with Crippen LogP contribution in [-0.2, 0) is 18.0 Å². The molecule has 160 valence electrons. The number of alkyl halides is 3. The molecule has 4 bridgehead atoms. The fourth-order valence-electron chi connectivity index (χ4n) is 6.96. The topological polar surface area (TPSA) is 60.1 Å². The molecule has 0 radical (unpaired) electrons. The molecular formula is C20H27F3N4O2. The van der Waals surface area contributed by atoms with E-state index in [0.29, 0.717) is 48.3 Å². The van der Waals surface area contributed by atoms with Gasteiger partial charge in [-0.15, -0.1) is 5.10 Å². The van der Waals surface area contributed by atoms with Gasteiger partial charge in [0.15, 0.2) is 0 Å². The molecule has 1 saturated heterocycles. The molecule has 0 unspecified atom stereocenters.